The third kappa shape index (κ3) is 3.18. The van der Waals surface area contributed by atoms with Gasteiger partial charge in [-0.1, -0.05) is 18.2 Å². The highest BCUT2D eigenvalue weighted by Crippen LogP contribution is 2.18. The second-order valence-electron chi connectivity index (χ2n) is 3.87. The van der Waals surface area contributed by atoms with E-state index in [2.05, 4.69) is 5.10 Å². The van der Waals surface area contributed by atoms with Crippen molar-refractivity contribution < 1.29 is 19.7 Å². The van der Waals surface area contributed by atoms with E-state index in [0.29, 0.717) is 5.56 Å². The molecule has 19 heavy (non-hydrogen) atoms. The average molecular weight is 262 g/mol. The Morgan fingerprint density at radius 1 is 1.37 bits per heavy atom. The van der Waals surface area contributed by atoms with Gasteiger partial charge in [0.2, 0.25) is 0 Å². The van der Waals surface area contributed by atoms with Crippen molar-refractivity contribution in [2.45, 2.75) is 6.10 Å². The van der Waals surface area contributed by atoms with Crippen molar-refractivity contribution in [3.8, 4) is 5.69 Å². The topological polar surface area (TPSA) is 84.6 Å². The second kappa shape index (κ2) is 6.12. The Kier molecular flexibility index (Phi) is 4.27. The Morgan fingerprint density at radius 3 is 2.74 bits per heavy atom. The zero-order valence-corrected chi connectivity index (χ0v) is 10.1. The lowest BCUT2D eigenvalue weighted by Crippen LogP contribution is -2.16. The Labute approximate surface area is 109 Å². The van der Waals surface area contributed by atoms with Gasteiger partial charge in [-0.2, -0.15) is 5.10 Å². The summed E-state index contributed by atoms with van der Waals surface area (Å²) in [6.07, 6.45) is 1.93. The van der Waals surface area contributed by atoms with Crippen LogP contribution in [0.25, 0.3) is 5.69 Å². The van der Waals surface area contributed by atoms with E-state index in [4.69, 9.17) is 14.9 Å². The maximum Gasteiger partial charge on any atom is 0.337 e. The Bertz CT molecular complexity index is 539. The lowest BCUT2D eigenvalue weighted by Gasteiger charge is -2.10. The predicted molar refractivity (Wildman–Crippen MR) is 67.0 cm³/mol. The van der Waals surface area contributed by atoms with Gasteiger partial charge >= 0.3 is 5.97 Å². The minimum Gasteiger partial charge on any atom is -0.479 e. The highest BCUT2D eigenvalue weighted by atomic mass is 16.5. The third-order valence-electron chi connectivity index (χ3n) is 2.53. The first-order valence-electron chi connectivity index (χ1n) is 5.77. The molecule has 0 amide bonds. The zero-order chi connectivity index (χ0) is 13.7. The molecule has 2 rings (SSSR count). The summed E-state index contributed by atoms with van der Waals surface area (Å²) in [6, 6.07) is 9.35. The number of carboxylic acid groups (broad SMARTS) is 1. The summed E-state index contributed by atoms with van der Waals surface area (Å²) < 4.78 is 6.66. The number of carbonyl (C=O) groups is 1. The van der Waals surface area contributed by atoms with Crippen molar-refractivity contribution in [2.75, 3.05) is 13.2 Å². The molecule has 1 atom stereocenters. The van der Waals surface area contributed by atoms with Crippen molar-refractivity contribution in [3.63, 3.8) is 0 Å². The lowest BCUT2D eigenvalue weighted by molar-refractivity contribution is -0.151. The number of aliphatic carboxylic acids is 1. The van der Waals surface area contributed by atoms with Gasteiger partial charge in [-0.25, -0.2) is 9.48 Å². The molecule has 100 valence electrons. The van der Waals surface area contributed by atoms with Crippen LogP contribution in [0.3, 0.4) is 0 Å². The van der Waals surface area contributed by atoms with Gasteiger partial charge in [0.15, 0.2) is 6.10 Å². The Hall–Kier alpha value is -2.18. The van der Waals surface area contributed by atoms with Crippen LogP contribution in [0.5, 0.6) is 0 Å². The molecule has 0 saturated heterocycles. The molecule has 1 aromatic carbocycles. The first-order chi connectivity index (χ1) is 9.22. The summed E-state index contributed by atoms with van der Waals surface area (Å²) >= 11 is 0. The monoisotopic (exact) mass is 262 g/mol. The number of para-hydroxylation sites is 1. The van der Waals surface area contributed by atoms with Crippen LogP contribution < -0.4 is 0 Å². The van der Waals surface area contributed by atoms with Gasteiger partial charge in [-0.3, -0.25) is 0 Å². The van der Waals surface area contributed by atoms with Gasteiger partial charge in [0.1, 0.15) is 0 Å². The van der Waals surface area contributed by atoms with Gasteiger partial charge in [-0.05, 0) is 12.1 Å². The summed E-state index contributed by atoms with van der Waals surface area (Å²) in [5, 5.41) is 21.9. The first-order valence-corrected chi connectivity index (χ1v) is 5.77. The smallest absolute Gasteiger partial charge is 0.337 e. The van der Waals surface area contributed by atoms with Crippen molar-refractivity contribution in [1.82, 2.24) is 9.78 Å². The minimum atomic E-state index is -1.12. The van der Waals surface area contributed by atoms with Crippen LogP contribution in [-0.4, -0.2) is 39.2 Å². The summed E-state index contributed by atoms with van der Waals surface area (Å²) in [5.41, 5.74) is 1.27. The van der Waals surface area contributed by atoms with E-state index in [1.165, 1.54) is 6.20 Å². The van der Waals surface area contributed by atoms with Crippen LogP contribution in [0, 0.1) is 0 Å². The molecule has 0 saturated carbocycles. The normalized spacial score (nSPS) is 12.3. The van der Waals surface area contributed by atoms with E-state index in [0.717, 1.165) is 5.69 Å². The molecule has 1 heterocycles. The van der Waals surface area contributed by atoms with Crippen LogP contribution in [0.1, 0.15) is 11.7 Å². The third-order valence-corrected chi connectivity index (χ3v) is 2.53. The summed E-state index contributed by atoms with van der Waals surface area (Å²) in [4.78, 5) is 11.1. The van der Waals surface area contributed by atoms with Gasteiger partial charge in [0.25, 0.3) is 0 Å². The first kappa shape index (κ1) is 13.3. The Morgan fingerprint density at radius 2 is 2.11 bits per heavy atom. The second-order valence-corrected chi connectivity index (χ2v) is 3.87. The molecule has 2 aromatic rings. The van der Waals surface area contributed by atoms with Crippen LogP contribution >= 0.6 is 0 Å². The van der Waals surface area contributed by atoms with Crippen molar-refractivity contribution >= 4 is 5.97 Å². The van der Waals surface area contributed by atoms with Crippen molar-refractivity contribution in [3.05, 3.63) is 48.3 Å². The van der Waals surface area contributed by atoms with Crippen LogP contribution in [0.4, 0.5) is 0 Å². The van der Waals surface area contributed by atoms with E-state index in [1.807, 2.05) is 30.3 Å². The number of aliphatic hydroxyl groups is 1. The van der Waals surface area contributed by atoms with Gasteiger partial charge in [0.05, 0.1) is 25.1 Å². The van der Waals surface area contributed by atoms with Crippen molar-refractivity contribution in [1.29, 1.82) is 0 Å². The fourth-order valence-electron chi connectivity index (χ4n) is 1.67. The van der Waals surface area contributed by atoms with E-state index in [9.17, 15) is 4.79 Å². The molecule has 6 heteroatoms. The number of nitrogens with zero attached hydrogens (tertiary/aromatic N) is 2. The van der Waals surface area contributed by atoms with Crippen LogP contribution in [0.15, 0.2) is 42.7 Å². The molecule has 0 aliphatic heterocycles. The molecular formula is C13H14N2O4. The molecule has 0 aliphatic carbocycles. The van der Waals surface area contributed by atoms with E-state index < -0.39 is 12.1 Å². The number of carboxylic acids is 1. The maximum absolute atomic E-state index is 11.1. The summed E-state index contributed by atoms with van der Waals surface area (Å²) in [5.74, 6) is -1.11. The fourth-order valence-corrected chi connectivity index (χ4v) is 1.67. The quantitative estimate of drug-likeness (QED) is 0.811. The predicted octanol–water partition coefficient (Wildman–Crippen LogP) is 1.01. The number of benzene rings is 1. The summed E-state index contributed by atoms with van der Waals surface area (Å²) in [7, 11) is 0. The van der Waals surface area contributed by atoms with Crippen molar-refractivity contribution in [2.24, 2.45) is 0 Å². The molecular weight excluding hydrogens is 248 g/mol. The molecule has 0 aliphatic rings. The highest BCUT2D eigenvalue weighted by Gasteiger charge is 2.22. The van der Waals surface area contributed by atoms with Crippen LogP contribution in [0.2, 0.25) is 0 Å². The maximum atomic E-state index is 11.1. The largest absolute Gasteiger partial charge is 0.479 e. The van der Waals surface area contributed by atoms with E-state index in [-0.39, 0.29) is 13.2 Å². The lowest BCUT2D eigenvalue weighted by atomic mass is 10.2. The SMILES string of the molecule is O=C(O)C(OCCO)c1cnn(-c2ccccc2)c1. The number of rotatable bonds is 6. The molecule has 6 nitrogen and oxygen atoms in total. The Balaban J connectivity index is 2.21. The molecule has 0 spiro atoms. The number of hydrogen-bond acceptors (Lipinski definition) is 4. The van der Waals surface area contributed by atoms with Crippen LogP contribution in [-0.2, 0) is 9.53 Å². The van der Waals surface area contributed by atoms with Gasteiger partial charge < -0.3 is 14.9 Å². The van der Waals surface area contributed by atoms with E-state index in [1.54, 1.807) is 10.9 Å². The minimum absolute atomic E-state index is 0.0342. The number of hydrogen-bond donors (Lipinski definition) is 2. The van der Waals surface area contributed by atoms with Gasteiger partial charge in [0, 0.05) is 11.8 Å². The molecule has 0 bridgehead atoms. The number of aliphatic hydroxyl groups excluding tert-OH is 1. The number of aromatic nitrogens is 2. The highest BCUT2D eigenvalue weighted by molar-refractivity contribution is 5.74. The zero-order valence-electron chi connectivity index (χ0n) is 10.1. The number of ether oxygens (including phenoxy) is 1. The summed E-state index contributed by atoms with van der Waals surface area (Å²) in [6.45, 7) is -0.260. The molecule has 0 fully saturated rings. The van der Waals surface area contributed by atoms with Gasteiger partial charge in [-0.15, -0.1) is 0 Å². The standard InChI is InChI=1S/C13H14N2O4/c16-6-7-19-12(13(17)18)10-8-14-15(9-10)11-4-2-1-3-5-11/h1-5,8-9,12,16H,6-7H2,(H,17,18). The molecule has 2 N–H and O–H groups in total. The average Bonchev–Trinajstić information content (AvgIpc) is 2.89. The molecule has 1 aromatic heterocycles. The molecule has 0 radical (unpaired) electrons. The fraction of sp³-hybridized carbons (Fsp3) is 0.231. The van der Waals surface area contributed by atoms with E-state index >= 15 is 0 Å². The molecule has 1 unspecified atom stereocenters.